The smallest absolute Gasteiger partial charge is 0.0577 e. The van der Waals surface area contributed by atoms with Crippen LogP contribution in [0.25, 0.3) is 0 Å². The highest BCUT2D eigenvalue weighted by Crippen LogP contribution is 2.27. The maximum atomic E-state index is 4.32. The third-order valence-electron chi connectivity index (χ3n) is 2.09. The Morgan fingerprint density at radius 2 is 2.25 bits per heavy atom. The first-order chi connectivity index (χ1) is 3.63. The van der Waals surface area contributed by atoms with E-state index >= 15 is 0 Å². The van der Waals surface area contributed by atoms with Crippen molar-refractivity contribution in [3.63, 3.8) is 0 Å². The van der Waals surface area contributed by atoms with E-state index in [-0.39, 0.29) is 5.54 Å². The van der Waals surface area contributed by atoms with E-state index in [0.29, 0.717) is 0 Å². The minimum atomic E-state index is 0.222. The van der Waals surface area contributed by atoms with Crippen molar-refractivity contribution >= 4 is 6.21 Å². The Morgan fingerprint density at radius 3 is 2.38 bits per heavy atom. The molecular formula is C7H13N. The summed E-state index contributed by atoms with van der Waals surface area (Å²) in [5.41, 5.74) is 0.222. The van der Waals surface area contributed by atoms with Gasteiger partial charge in [-0.15, -0.1) is 0 Å². The Bertz CT molecular complexity index is 114. The van der Waals surface area contributed by atoms with Crippen LogP contribution in [0.15, 0.2) is 4.99 Å². The fraction of sp³-hybridized carbons (Fsp3) is 0.857. The molecule has 0 radical (unpaired) electrons. The summed E-state index contributed by atoms with van der Waals surface area (Å²) in [4.78, 5) is 4.32. The number of nitrogens with zero attached hydrogens (tertiary/aromatic N) is 1. The lowest BCUT2D eigenvalue weighted by molar-refractivity contribution is 0.388. The maximum Gasteiger partial charge on any atom is 0.0577 e. The van der Waals surface area contributed by atoms with E-state index < -0.39 is 0 Å². The topological polar surface area (TPSA) is 12.4 Å². The normalized spacial score (nSPS) is 33.6. The summed E-state index contributed by atoms with van der Waals surface area (Å²) in [6.45, 7) is 6.61. The van der Waals surface area contributed by atoms with Crippen LogP contribution in [0, 0.1) is 5.92 Å². The molecule has 0 aromatic carbocycles. The van der Waals surface area contributed by atoms with Gasteiger partial charge >= 0.3 is 0 Å². The average Bonchev–Trinajstić information content (AvgIpc) is 1.86. The molecule has 0 bridgehead atoms. The van der Waals surface area contributed by atoms with Gasteiger partial charge < -0.3 is 0 Å². The van der Waals surface area contributed by atoms with Gasteiger partial charge in [0.05, 0.1) is 5.54 Å². The van der Waals surface area contributed by atoms with Gasteiger partial charge in [-0.3, -0.25) is 4.99 Å². The number of rotatable bonds is 0. The fourth-order valence-corrected chi connectivity index (χ4v) is 0.862. The first-order valence-corrected chi connectivity index (χ1v) is 3.16. The van der Waals surface area contributed by atoms with Crippen LogP contribution in [-0.2, 0) is 0 Å². The van der Waals surface area contributed by atoms with Gasteiger partial charge in [0.25, 0.3) is 0 Å². The molecule has 0 aromatic rings. The summed E-state index contributed by atoms with van der Waals surface area (Å²) < 4.78 is 0. The third kappa shape index (κ3) is 0.770. The molecule has 1 unspecified atom stereocenters. The maximum absolute atomic E-state index is 4.32. The molecule has 1 heterocycles. The van der Waals surface area contributed by atoms with E-state index in [9.17, 15) is 0 Å². The van der Waals surface area contributed by atoms with Gasteiger partial charge in [-0.1, -0.05) is 6.92 Å². The van der Waals surface area contributed by atoms with Gasteiger partial charge in [-0.25, -0.2) is 0 Å². The van der Waals surface area contributed by atoms with Gasteiger partial charge in [0, 0.05) is 0 Å². The lowest BCUT2D eigenvalue weighted by Crippen LogP contribution is -2.21. The number of hydrogen-bond acceptors (Lipinski definition) is 1. The van der Waals surface area contributed by atoms with E-state index in [4.69, 9.17) is 0 Å². The molecule has 0 fully saturated rings. The first kappa shape index (κ1) is 5.80. The standard InChI is InChI=1S/C7H13N/c1-6-4-5-8-7(6,2)3/h5-6H,4H2,1-3H3. The van der Waals surface area contributed by atoms with Crippen LogP contribution in [0.3, 0.4) is 0 Å². The largest absolute Gasteiger partial charge is 0.291 e. The molecule has 0 saturated carbocycles. The Balaban J connectivity index is 2.67. The van der Waals surface area contributed by atoms with Crippen LogP contribution < -0.4 is 0 Å². The van der Waals surface area contributed by atoms with Gasteiger partial charge in [0.15, 0.2) is 0 Å². The zero-order chi connectivity index (χ0) is 6.20. The van der Waals surface area contributed by atoms with Gasteiger partial charge in [-0.05, 0) is 32.4 Å². The highest BCUT2D eigenvalue weighted by molar-refractivity contribution is 5.61. The van der Waals surface area contributed by atoms with Crippen molar-refractivity contribution < 1.29 is 0 Å². The first-order valence-electron chi connectivity index (χ1n) is 3.16. The molecule has 1 atom stereocenters. The van der Waals surface area contributed by atoms with E-state index in [2.05, 4.69) is 25.8 Å². The molecule has 1 aliphatic rings. The molecule has 0 spiro atoms. The summed E-state index contributed by atoms with van der Waals surface area (Å²) in [5.74, 6) is 0.738. The molecule has 0 amide bonds. The summed E-state index contributed by atoms with van der Waals surface area (Å²) in [6, 6.07) is 0. The van der Waals surface area contributed by atoms with Crippen LogP contribution in [0.2, 0.25) is 0 Å². The van der Waals surface area contributed by atoms with Gasteiger partial charge in [0.2, 0.25) is 0 Å². The third-order valence-corrected chi connectivity index (χ3v) is 2.09. The molecule has 8 heavy (non-hydrogen) atoms. The molecular weight excluding hydrogens is 98.1 g/mol. The molecule has 1 rings (SSSR count). The highest BCUT2D eigenvalue weighted by atomic mass is 14.9. The van der Waals surface area contributed by atoms with Crippen LogP contribution in [0.1, 0.15) is 27.2 Å². The van der Waals surface area contributed by atoms with Gasteiger partial charge in [0.1, 0.15) is 0 Å². The van der Waals surface area contributed by atoms with E-state index in [1.54, 1.807) is 0 Å². The fourth-order valence-electron chi connectivity index (χ4n) is 0.862. The van der Waals surface area contributed by atoms with Crippen LogP contribution in [0.5, 0.6) is 0 Å². The van der Waals surface area contributed by atoms with Crippen LogP contribution in [-0.4, -0.2) is 11.8 Å². The Hall–Kier alpha value is -0.330. The highest BCUT2D eigenvalue weighted by Gasteiger charge is 2.27. The average molecular weight is 111 g/mol. The van der Waals surface area contributed by atoms with Crippen molar-refractivity contribution in [2.24, 2.45) is 10.9 Å². The second kappa shape index (κ2) is 1.57. The lowest BCUT2D eigenvalue weighted by atomic mass is 9.91. The molecule has 0 aromatic heterocycles. The lowest BCUT2D eigenvalue weighted by Gasteiger charge is -2.19. The predicted molar refractivity (Wildman–Crippen MR) is 36.4 cm³/mol. The predicted octanol–water partition coefficient (Wildman–Crippen LogP) is 1.88. The van der Waals surface area contributed by atoms with E-state index in [0.717, 1.165) is 12.3 Å². The van der Waals surface area contributed by atoms with Crippen LogP contribution in [0.4, 0.5) is 0 Å². The summed E-state index contributed by atoms with van der Waals surface area (Å²) in [5, 5.41) is 0. The summed E-state index contributed by atoms with van der Waals surface area (Å²) in [6.07, 6.45) is 3.19. The molecule has 1 heteroatoms. The zero-order valence-electron chi connectivity index (χ0n) is 5.81. The number of hydrogen-bond donors (Lipinski definition) is 0. The molecule has 0 aliphatic carbocycles. The van der Waals surface area contributed by atoms with Crippen molar-refractivity contribution in [2.75, 3.05) is 0 Å². The Kier molecular flexibility index (Phi) is 1.14. The molecule has 1 aliphatic heterocycles. The van der Waals surface area contributed by atoms with Crippen molar-refractivity contribution in [3.8, 4) is 0 Å². The van der Waals surface area contributed by atoms with Crippen molar-refractivity contribution in [2.45, 2.75) is 32.7 Å². The van der Waals surface area contributed by atoms with Crippen molar-refractivity contribution in [1.29, 1.82) is 0 Å². The number of aliphatic imine (C=N–C) groups is 1. The Labute approximate surface area is 50.8 Å². The van der Waals surface area contributed by atoms with Crippen molar-refractivity contribution in [1.82, 2.24) is 0 Å². The summed E-state index contributed by atoms with van der Waals surface area (Å²) in [7, 11) is 0. The second-order valence-corrected chi connectivity index (χ2v) is 3.10. The molecule has 1 nitrogen and oxygen atoms in total. The zero-order valence-corrected chi connectivity index (χ0v) is 5.81. The van der Waals surface area contributed by atoms with Crippen molar-refractivity contribution in [3.05, 3.63) is 0 Å². The minimum Gasteiger partial charge on any atom is -0.291 e. The SMILES string of the molecule is CC1CC=NC1(C)C. The van der Waals surface area contributed by atoms with E-state index in [1.165, 1.54) is 0 Å². The van der Waals surface area contributed by atoms with E-state index in [1.807, 2.05) is 6.21 Å². The Morgan fingerprint density at radius 1 is 1.62 bits per heavy atom. The van der Waals surface area contributed by atoms with Crippen LogP contribution >= 0.6 is 0 Å². The second-order valence-electron chi connectivity index (χ2n) is 3.10. The molecule has 0 saturated heterocycles. The summed E-state index contributed by atoms with van der Waals surface area (Å²) >= 11 is 0. The van der Waals surface area contributed by atoms with Gasteiger partial charge in [-0.2, -0.15) is 0 Å². The monoisotopic (exact) mass is 111 g/mol. The molecule has 0 N–H and O–H groups in total. The quantitative estimate of drug-likeness (QED) is 0.452. The minimum absolute atomic E-state index is 0.222. The molecule has 46 valence electrons.